The van der Waals surface area contributed by atoms with E-state index in [1.165, 1.54) is 10.4 Å². The van der Waals surface area contributed by atoms with E-state index in [0.29, 0.717) is 42.5 Å². The van der Waals surface area contributed by atoms with E-state index in [1.54, 1.807) is 24.3 Å². The molecule has 2 aromatic carbocycles. The molecule has 0 bridgehead atoms. The summed E-state index contributed by atoms with van der Waals surface area (Å²) in [5.41, 5.74) is 1.40. The summed E-state index contributed by atoms with van der Waals surface area (Å²) in [6.07, 6.45) is 1.24. The number of anilines is 1. The highest BCUT2D eigenvalue weighted by Crippen LogP contribution is 2.29. The van der Waals surface area contributed by atoms with Gasteiger partial charge < -0.3 is 10.1 Å². The standard InChI is InChI=1S/C21H25ClN2O4S/c1-3-28-20-9-5-4-8-19(20)23-21(25)16-7-6-12-24(14-16)29(26,27)17-11-10-15(2)18(22)13-17/h4-5,8-11,13,16H,3,6-7,12,14H2,1-2H3,(H,23,25)/t16-/m0/s1. The number of piperidine rings is 1. The van der Waals surface area contributed by atoms with E-state index in [1.807, 2.05) is 26.0 Å². The number of carbonyl (C=O) groups excluding carboxylic acids is 1. The molecule has 2 aromatic rings. The maximum atomic E-state index is 13.0. The Balaban J connectivity index is 1.75. The molecule has 1 aliphatic rings. The van der Waals surface area contributed by atoms with Crippen molar-refractivity contribution in [1.29, 1.82) is 0 Å². The summed E-state index contributed by atoms with van der Waals surface area (Å²) < 4.78 is 33.0. The average Bonchev–Trinajstić information content (AvgIpc) is 2.71. The van der Waals surface area contributed by atoms with E-state index < -0.39 is 15.9 Å². The van der Waals surface area contributed by atoms with E-state index in [4.69, 9.17) is 16.3 Å². The van der Waals surface area contributed by atoms with Crippen molar-refractivity contribution in [3.8, 4) is 5.75 Å². The van der Waals surface area contributed by atoms with Gasteiger partial charge in [-0.1, -0.05) is 29.8 Å². The van der Waals surface area contributed by atoms with Crippen LogP contribution in [0, 0.1) is 12.8 Å². The number of amides is 1. The Morgan fingerprint density at radius 3 is 2.76 bits per heavy atom. The van der Waals surface area contributed by atoms with Gasteiger partial charge in [0.2, 0.25) is 15.9 Å². The Morgan fingerprint density at radius 2 is 2.03 bits per heavy atom. The molecule has 1 amide bonds. The van der Waals surface area contributed by atoms with Crippen molar-refractivity contribution in [3.63, 3.8) is 0 Å². The molecule has 0 radical (unpaired) electrons. The van der Waals surface area contributed by atoms with Gasteiger partial charge in [0.25, 0.3) is 0 Å². The van der Waals surface area contributed by atoms with Crippen LogP contribution in [0.4, 0.5) is 5.69 Å². The molecule has 1 heterocycles. The third kappa shape index (κ3) is 4.91. The summed E-state index contributed by atoms with van der Waals surface area (Å²) >= 11 is 6.11. The summed E-state index contributed by atoms with van der Waals surface area (Å²) in [5.74, 6) is -0.0500. The highest BCUT2D eigenvalue weighted by Gasteiger charge is 2.33. The molecule has 1 N–H and O–H groups in total. The molecule has 1 fully saturated rings. The second-order valence-electron chi connectivity index (χ2n) is 7.03. The van der Waals surface area contributed by atoms with Crippen LogP contribution >= 0.6 is 11.6 Å². The molecule has 6 nitrogen and oxygen atoms in total. The molecule has 0 unspecified atom stereocenters. The van der Waals surface area contributed by atoms with Crippen molar-refractivity contribution in [2.45, 2.75) is 31.6 Å². The van der Waals surface area contributed by atoms with Gasteiger partial charge in [-0.05, 0) is 56.5 Å². The number of sulfonamides is 1. The number of hydrogen-bond donors (Lipinski definition) is 1. The molecule has 0 saturated carbocycles. The summed E-state index contributed by atoms with van der Waals surface area (Å²) in [7, 11) is -3.71. The van der Waals surface area contributed by atoms with Crippen LogP contribution in [0.1, 0.15) is 25.3 Å². The topological polar surface area (TPSA) is 75.7 Å². The van der Waals surface area contributed by atoms with Gasteiger partial charge in [0.05, 0.1) is 23.1 Å². The number of benzene rings is 2. The second kappa shape index (κ2) is 9.15. The summed E-state index contributed by atoms with van der Waals surface area (Å²) in [6.45, 7) is 4.70. The highest BCUT2D eigenvalue weighted by atomic mass is 35.5. The van der Waals surface area contributed by atoms with Gasteiger partial charge >= 0.3 is 0 Å². The number of rotatable bonds is 6. The van der Waals surface area contributed by atoms with Crippen molar-refractivity contribution < 1.29 is 17.9 Å². The maximum Gasteiger partial charge on any atom is 0.243 e. The summed E-state index contributed by atoms with van der Waals surface area (Å²) in [4.78, 5) is 13.0. The lowest BCUT2D eigenvalue weighted by molar-refractivity contribution is -0.120. The van der Waals surface area contributed by atoms with Crippen LogP contribution in [-0.2, 0) is 14.8 Å². The van der Waals surface area contributed by atoms with Gasteiger partial charge in [-0.25, -0.2) is 8.42 Å². The molecular weight excluding hydrogens is 412 g/mol. The zero-order valence-corrected chi connectivity index (χ0v) is 18.1. The third-order valence-corrected chi connectivity index (χ3v) is 7.25. The molecule has 8 heteroatoms. The zero-order chi connectivity index (χ0) is 21.0. The first-order valence-corrected chi connectivity index (χ1v) is 11.4. The van der Waals surface area contributed by atoms with E-state index >= 15 is 0 Å². The van der Waals surface area contributed by atoms with E-state index in [-0.39, 0.29) is 17.3 Å². The van der Waals surface area contributed by atoms with Crippen LogP contribution in [0.15, 0.2) is 47.4 Å². The van der Waals surface area contributed by atoms with Gasteiger partial charge in [-0.2, -0.15) is 4.31 Å². The molecule has 3 rings (SSSR count). The van der Waals surface area contributed by atoms with Crippen molar-refractivity contribution in [3.05, 3.63) is 53.1 Å². The van der Waals surface area contributed by atoms with Crippen LogP contribution < -0.4 is 10.1 Å². The molecule has 1 aliphatic heterocycles. The smallest absolute Gasteiger partial charge is 0.243 e. The first kappa shape index (κ1) is 21.6. The van der Waals surface area contributed by atoms with Crippen LogP contribution in [-0.4, -0.2) is 38.3 Å². The number of ether oxygens (including phenoxy) is 1. The molecule has 1 saturated heterocycles. The van der Waals surface area contributed by atoms with Gasteiger partial charge in [0.15, 0.2) is 0 Å². The number of carbonyl (C=O) groups is 1. The highest BCUT2D eigenvalue weighted by molar-refractivity contribution is 7.89. The number of nitrogens with one attached hydrogen (secondary N) is 1. The second-order valence-corrected chi connectivity index (χ2v) is 9.38. The van der Waals surface area contributed by atoms with Crippen molar-refractivity contribution >= 4 is 33.2 Å². The number of nitrogens with zero attached hydrogens (tertiary/aromatic N) is 1. The summed E-state index contributed by atoms with van der Waals surface area (Å²) in [5, 5.41) is 3.29. The maximum absolute atomic E-state index is 13.0. The van der Waals surface area contributed by atoms with Crippen LogP contribution in [0.25, 0.3) is 0 Å². The minimum Gasteiger partial charge on any atom is -0.492 e. The minimum atomic E-state index is -3.71. The molecule has 0 spiro atoms. The lowest BCUT2D eigenvalue weighted by Gasteiger charge is -2.31. The first-order chi connectivity index (χ1) is 13.8. The number of para-hydroxylation sites is 2. The van der Waals surface area contributed by atoms with Gasteiger partial charge in [-0.15, -0.1) is 0 Å². The Labute approximate surface area is 176 Å². The third-order valence-electron chi connectivity index (χ3n) is 4.98. The van der Waals surface area contributed by atoms with E-state index in [0.717, 1.165) is 5.56 Å². The Bertz CT molecular complexity index is 994. The fourth-order valence-corrected chi connectivity index (χ4v) is 5.14. The SMILES string of the molecule is CCOc1ccccc1NC(=O)[C@H]1CCCN(S(=O)(=O)c2ccc(C)c(Cl)c2)C1. The quantitative estimate of drug-likeness (QED) is 0.740. The van der Waals surface area contributed by atoms with Crippen LogP contribution in [0.5, 0.6) is 5.75 Å². The van der Waals surface area contributed by atoms with Gasteiger partial charge in [0, 0.05) is 18.1 Å². The van der Waals surface area contributed by atoms with Crippen LogP contribution in [0.3, 0.4) is 0 Å². The number of hydrogen-bond acceptors (Lipinski definition) is 4. The molecule has 29 heavy (non-hydrogen) atoms. The zero-order valence-electron chi connectivity index (χ0n) is 16.5. The molecule has 0 aromatic heterocycles. The van der Waals surface area contributed by atoms with Crippen LogP contribution in [0.2, 0.25) is 5.02 Å². The van der Waals surface area contributed by atoms with Crippen molar-refractivity contribution in [2.75, 3.05) is 25.0 Å². The molecule has 0 aliphatic carbocycles. The van der Waals surface area contributed by atoms with E-state index in [2.05, 4.69) is 5.32 Å². The molecular formula is C21H25ClN2O4S. The minimum absolute atomic E-state index is 0.135. The molecule has 156 valence electrons. The van der Waals surface area contributed by atoms with Gasteiger partial charge in [0.1, 0.15) is 5.75 Å². The predicted molar refractivity (Wildman–Crippen MR) is 114 cm³/mol. The number of aryl methyl sites for hydroxylation is 1. The Morgan fingerprint density at radius 1 is 1.28 bits per heavy atom. The lowest BCUT2D eigenvalue weighted by Crippen LogP contribution is -2.43. The van der Waals surface area contributed by atoms with E-state index in [9.17, 15) is 13.2 Å². The monoisotopic (exact) mass is 436 g/mol. The first-order valence-electron chi connectivity index (χ1n) is 9.62. The normalized spacial score (nSPS) is 17.7. The predicted octanol–water partition coefficient (Wildman–Crippen LogP) is 4.09. The fraction of sp³-hybridized carbons (Fsp3) is 0.381. The Hall–Kier alpha value is -2.09. The van der Waals surface area contributed by atoms with Crippen molar-refractivity contribution in [2.24, 2.45) is 5.92 Å². The van der Waals surface area contributed by atoms with Crippen molar-refractivity contribution in [1.82, 2.24) is 4.31 Å². The average molecular weight is 437 g/mol. The fourth-order valence-electron chi connectivity index (χ4n) is 3.34. The Kier molecular flexibility index (Phi) is 6.82. The molecule has 1 atom stereocenters. The van der Waals surface area contributed by atoms with Gasteiger partial charge in [-0.3, -0.25) is 4.79 Å². The summed E-state index contributed by atoms with van der Waals surface area (Å²) in [6, 6.07) is 11.9. The largest absolute Gasteiger partial charge is 0.492 e. The lowest BCUT2D eigenvalue weighted by atomic mass is 9.98. The number of halogens is 1.